The Kier molecular flexibility index (Phi) is 7.24. The highest BCUT2D eigenvalue weighted by atomic mass is 16.3. The van der Waals surface area contributed by atoms with Crippen LogP contribution in [0.1, 0.15) is 39.0 Å². The van der Waals surface area contributed by atoms with Crippen LogP contribution >= 0.6 is 0 Å². The summed E-state index contributed by atoms with van der Waals surface area (Å²) in [7, 11) is 6.68. The molecule has 0 spiro atoms. The predicted molar refractivity (Wildman–Crippen MR) is 158 cm³/mol. The number of rotatable bonds is 4. The molecule has 11 heteroatoms. The number of ketones is 2. The Morgan fingerprint density at radius 2 is 1.74 bits per heavy atom. The number of primary amides is 1. The average Bonchev–Trinajstić information content (AvgIpc) is 2.93. The minimum Gasteiger partial charge on any atom is -0.508 e. The minimum absolute atomic E-state index is 0.0106. The van der Waals surface area contributed by atoms with E-state index in [0.29, 0.717) is 16.8 Å². The van der Waals surface area contributed by atoms with Crippen molar-refractivity contribution < 1.29 is 29.7 Å². The minimum atomic E-state index is -2.64. The molecule has 2 aromatic rings. The number of amides is 1. The largest absolute Gasteiger partial charge is 0.508 e. The molecule has 0 aromatic heterocycles. The molecule has 4 atom stereocenters. The van der Waals surface area contributed by atoms with E-state index in [4.69, 9.17) is 5.73 Å². The Morgan fingerprint density at radius 1 is 1.09 bits per heavy atom. The zero-order valence-corrected chi connectivity index (χ0v) is 24.4. The number of allylic oxidation sites excluding steroid dienone is 1. The van der Waals surface area contributed by atoms with Crippen molar-refractivity contribution in [1.82, 2.24) is 4.90 Å². The van der Waals surface area contributed by atoms with Crippen LogP contribution in [0, 0.1) is 35.5 Å². The molecule has 43 heavy (non-hydrogen) atoms. The summed E-state index contributed by atoms with van der Waals surface area (Å²) < 4.78 is 0. The maximum atomic E-state index is 14.2. The molecule has 5 rings (SSSR count). The molecular weight excluding hydrogens is 552 g/mol. The number of aliphatic hydroxyl groups excluding tert-OH is 1. The lowest BCUT2D eigenvalue weighted by atomic mass is 9.58. The molecule has 0 radical (unpaired) electrons. The maximum Gasteiger partial charge on any atom is 0.255 e. The number of aromatic hydroxyl groups is 1. The molecule has 0 saturated carbocycles. The Labute approximate surface area is 248 Å². The van der Waals surface area contributed by atoms with Gasteiger partial charge >= 0.3 is 0 Å². The third kappa shape index (κ3) is 4.42. The van der Waals surface area contributed by atoms with Crippen LogP contribution in [0.2, 0.25) is 0 Å². The number of phenolic OH excluding ortho intramolecular Hbond substituents is 1. The number of carbonyl (C=O) groups excluding carboxylic acids is 3. The van der Waals surface area contributed by atoms with E-state index in [9.17, 15) is 34.6 Å². The van der Waals surface area contributed by atoms with Crippen LogP contribution in [0.25, 0.3) is 0 Å². The molecular formula is C32H32N4O7. The first-order valence-electron chi connectivity index (χ1n) is 13.7. The molecule has 1 amide bonds. The third-order valence-electron chi connectivity index (χ3n) is 8.67. The number of nitroso groups, excluding NO2 is 1. The lowest BCUT2D eigenvalue weighted by Crippen LogP contribution is -2.62. The van der Waals surface area contributed by atoms with E-state index in [0.717, 1.165) is 5.56 Å². The van der Waals surface area contributed by atoms with Gasteiger partial charge in [0.05, 0.1) is 17.2 Å². The molecule has 0 saturated heterocycles. The topological polar surface area (TPSA) is 174 Å². The zero-order chi connectivity index (χ0) is 31.5. The number of aryl methyl sites for hydroxylation is 1. The SMILES string of the molecule is Cc1ccc(C#Cc2cc(N(C)C)c3c(c2O)C(=O)C2=C(N=O)[C@]4(O)C(O)=C(C(N)=O)C(=O)[C@@H](N(C)C)[C@@H]4C[C@@H]2C3)cc1. The number of nitrogens with zero attached hydrogens (tertiary/aromatic N) is 3. The summed E-state index contributed by atoms with van der Waals surface area (Å²) in [6, 6.07) is 8.02. The summed E-state index contributed by atoms with van der Waals surface area (Å²) in [5, 5.41) is 37.5. The average molecular weight is 585 g/mol. The molecule has 0 unspecified atom stereocenters. The monoisotopic (exact) mass is 584 g/mol. The second-order valence-electron chi connectivity index (χ2n) is 11.7. The van der Waals surface area contributed by atoms with Crippen molar-refractivity contribution in [2.75, 3.05) is 33.1 Å². The van der Waals surface area contributed by atoms with Gasteiger partial charge in [-0.2, -0.15) is 0 Å². The van der Waals surface area contributed by atoms with E-state index >= 15 is 0 Å². The van der Waals surface area contributed by atoms with Crippen molar-refractivity contribution in [3.05, 3.63) is 85.7 Å². The summed E-state index contributed by atoms with van der Waals surface area (Å²) >= 11 is 0. The molecule has 0 fully saturated rings. The van der Waals surface area contributed by atoms with Crippen molar-refractivity contribution in [3.8, 4) is 17.6 Å². The van der Waals surface area contributed by atoms with E-state index in [1.807, 2.05) is 31.2 Å². The number of aliphatic hydroxyl groups is 2. The van der Waals surface area contributed by atoms with Crippen LogP contribution < -0.4 is 10.6 Å². The van der Waals surface area contributed by atoms with E-state index < -0.39 is 63.7 Å². The maximum absolute atomic E-state index is 14.2. The van der Waals surface area contributed by atoms with Crippen LogP contribution in [0.4, 0.5) is 5.69 Å². The van der Waals surface area contributed by atoms with E-state index in [1.165, 1.54) is 4.90 Å². The highest BCUT2D eigenvalue weighted by Crippen LogP contribution is 2.55. The highest BCUT2D eigenvalue weighted by Gasteiger charge is 2.62. The second-order valence-corrected chi connectivity index (χ2v) is 11.7. The zero-order valence-electron chi connectivity index (χ0n) is 24.4. The first kappa shape index (κ1) is 29.7. The number of hydrogen-bond donors (Lipinski definition) is 4. The van der Waals surface area contributed by atoms with Crippen LogP contribution in [0.5, 0.6) is 5.75 Å². The van der Waals surface area contributed by atoms with E-state index in [2.05, 4.69) is 17.0 Å². The van der Waals surface area contributed by atoms with Crippen molar-refractivity contribution in [1.29, 1.82) is 0 Å². The number of carbonyl (C=O) groups is 3. The van der Waals surface area contributed by atoms with Gasteiger partial charge in [-0.05, 0) is 68.7 Å². The highest BCUT2D eigenvalue weighted by molar-refractivity contribution is 6.22. The first-order chi connectivity index (χ1) is 20.2. The van der Waals surface area contributed by atoms with Gasteiger partial charge in [-0.3, -0.25) is 19.3 Å². The van der Waals surface area contributed by atoms with Gasteiger partial charge in [-0.1, -0.05) is 29.5 Å². The molecule has 3 aliphatic carbocycles. The Balaban J connectivity index is 1.76. The fraction of sp³-hybridized carbons (Fsp3) is 0.344. The van der Waals surface area contributed by atoms with Gasteiger partial charge in [0, 0.05) is 36.8 Å². The molecule has 2 aromatic carbocycles. The van der Waals surface area contributed by atoms with Crippen molar-refractivity contribution in [2.24, 2.45) is 22.7 Å². The summed E-state index contributed by atoms with van der Waals surface area (Å²) in [6.07, 6.45) is 0.152. The molecule has 3 aliphatic rings. The fourth-order valence-electron chi connectivity index (χ4n) is 6.68. The Hall–Kier alpha value is -4.79. The van der Waals surface area contributed by atoms with Gasteiger partial charge in [0.2, 0.25) is 0 Å². The summed E-state index contributed by atoms with van der Waals surface area (Å²) in [5.41, 5.74) is 3.99. The number of phenols is 1. The molecule has 5 N–H and O–H groups in total. The van der Waals surface area contributed by atoms with Gasteiger partial charge in [-0.15, -0.1) is 4.91 Å². The number of Topliss-reactive ketones (excluding diaryl/α,β-unsaturated/α-hetero) is 2. The van der Waals surface area contributed by atoms with Gasteiger partial charge in [0.15, 0.2) is 17.2 Å². The molecule has 0 heterocycles. The predicted octanol–water partition coefficient (Wildman–Crippen LogP) is 2.10. The molecule has 222 valence electrons. The molecule has 0 bridgehead atoms. The van der Waals surface area contributed by atoms with Crippen LogP contribution in [-0.2, 0) is 16.0 Å². The summed E-state index contributed by atoms with van der Waals surface area (Å²) in [6.45, 7) is 1.95. The number of nitrogens with two attached hydrogens (primary N) is 1. The number of anilines is 1. The molecule has 0 aliphatic heterocycles. The van der Waals surface area contributed by atoms with Gasteiger partial charge < -0.3 is 26.0 Å². The fourth-order valence-corrected chi connectivity index (χ4v) is 6.68. The number of benzene rings is 2. The summed E-state index contributed by atoms with van der Waals surface area (Å²) in [5.74, 6) is -0.244. The van der Waals surface area contributed by atoms with Crippen molar-refractivity contribution in [2.45, 2.75) is 31.4 Å². The first-order valence-corrected chi connectivity index (χ1v) is 13.7. The Morgan fingerprint density at radius 3 is 2.30 bits per heavy atom. The smallest absolute Gasteiger partial charge is 0.255 e. The normalized spacial score (nSPS) is 24.6. The van der Waals surface area contributed by atoms with Crippen LogP contribution in [0.15, 0.2) is 58.1 Å². The third-order valence-corrected chi connectivity index (χ3v) is 8.67. The van der Waals surface area contributed by atoms with E-state index in [1.54, 1.807) is 39.2 Å². The van der Waals surface area contributed by atoms with Gasteiger partial charge in [0.1, 0.15) is 22.8 Å². The van der Waals surface area contributed by atoms with Gasteiger partial charge in [-0.25, -0.2) is 0 Å². The standard InChI is InChI=1S/C32H32N4O7/c1-15-6-8-16(9-7-15)10-11-17-14-21(35(2)3)19-12-18-13-20-25(36(4)5)28(39)24(31(33)41)30(40)32(20,42)29(34-43)22(18)27(38)23(19)26(17)37/h6-9,14,18,20,25,37,40,42H,12-13H2,1-5H3,(H2,33,41)/t18-,20-,25-,32-/m0/s1. The number of hydrogen-bond acceptors (Lipinski definition) is 10. The van der Waals surface area contributed by atoms with Crippen LogP contribution in [-0.4, -0.2) is 77.5 Å². The quantitative estimate of drug-likeness (QED) is 0.238. The van der Waals surface area contributed by atoms with Crippen molar-refractivity contribution in [3.63, 3.8) is 0 Å². The number of fused-ring (bicyclic) bond motifs is 3. The Bertz CT molecular complexity index is 1730. The lowest BCUT2D eigenvalue weighted by Gasteiger charge is -2.50. The number of likely N-dealkylation sites (N-methyl/N-ethyl adjacent to an activating group) is 1. The molecule has 11 nitrogen and oxygen atoms in total. The van der Waals surface area contributed by atoms with E-state index in [-0.39, 0.29) is 29.5 Å². The second kappa shape index (κ2) is 10.5. The lowest BCUT2D eigenvalue weighted by molar-refractivity contribution is -0.134. The van der Waals surface area contributed by atoms with Crippen molar-refractivity contribution >= 4 is 23.2 Å². The van der Waals surface area contributed by atoms with Crippen LogP contribution in [0.3, 0.4) is 0 Å². The van der Waals surface area contributed by atoms with Gasteiger partial charge in [0.25, 0.3) is 5.91 Å². The summed E-state index contributed by atoms with van der Waals surface area (Å²) in [4.78, 5) is 55.5.